The number of hydrogen-bond donors (Lipinski definition) is 2. The molecule has 0 spiro atoms. The van der Waals surface area contributed by atoms with Gasteiger partial charge in [-0.3, -0.25) is 9.48 Å². The summed E-state index contributed by atoms with van der Waals surface area (Å²) in [6.45, 7) is 4.09. The Bertz CT molecular complexity index is 424. The van der Waals surface area contributed by atoms with Crippen molar-refractivity contribution in [3.63, 3.8) is 0 Å². The Morgan fingerprint density at radius 2 is 2.39 bits per heavy atom. The highest BCUT2D eigenvalue weighted by atomic mass is 16.2. The van der Waals surface area contributed by atoms with Crippen LogP contribution in [-0.4, -0.2) is 46.8 Å². The van der Waals surface area contributed by atoms with Crippen molar-refractivity contribution in [2.45, 2.75) is 32.4 Å². The first-order valence-corrected chi connectivity index (χ1v) is 6.43. The maximum Gasteiger partial charge on any atom is 0.271 e. The zero-order chi connectivity index (χ0) is 13.1. The standard InChI is InChI=1S/C12H21N5O/c1-3-17-11(10(13)8-15-17)12(18)14-6-7-16(2)9-4-5-9/h8-9H,3-7,13H2,1-2H3,(H,14,18). The average Bonchev–Trinajstić information content (AvgIpc) is 3.12. The van der Waals surface area contributed by atoms with Gasteiger partial charge in [0, 0.05) is 25.7 Å². The van der Waals surface area contributed by atoms with Gasteiger partial charge in [-0.2, -0.15) is 5.10 Å². The second-order valence-electron chi connectivity index (χ2n) is 4.73. The summed E-state index contributed by atoms with van der Waals surface area (Å²) >= 11 is 0. The molecular weight excluding hydrogens is 230 g/mol. The second kappa shape index (κ2) is 5.39. The normalized spacial score (nSPS) is 15.1. The molecule has 6 heteroatoms. The first-order valence-electron chi connectivity index (χ1n) is 6.43. The smallest absolute Gasteiger partial charge is 0.271 e. The molecule has 1 heterocycles. The maximum absolute atomic E-state index is 12.0. The molecule has 1 aromatic heterocycles. The van der Waals surface area contributed by atoms with Crippen LogP contribution in [0.1, 0.15) is 30.3 Å². The zero-order valence-corrected chi connectivity index (χ0v) is 11.0. The highest BCUT2D eigenvalue weighted by Gasteiger charge is 2.25. The van der Waals surface area contributed by atoms with Crippen LogP contribution in [0.4, 0.5) is 5.69 Å². The molecule has 0 saturated heterocycles. The summed E-state index contributed by atoms with van der Waals surface area (Å²) in [5, 5.41) is 6.95. The van der Waals surface area contributed by atoms with Gasteiger partial charge in [0.15, 0.2) is 0 Å². The van der Waals surface area contributed by atoms with Crippen molar-refractivity contribution in [3.05, 3.63) is 11.9 Å². The van der Waals surface area contributed by atoms with Gasteiger partial charge in [-0.15, -0.1) is 0 Å². The molecule has 6 nitrogen and oxygen atoms in total. The second-order valence-corrected chi connectivity index (χ2v) is 4.73. The molecule has 0 aliphatic heterocycles. The lowest BCUT2D eigenvalue weighted by molar-refractivity contribution is 0.0939. The van der Waals surface area contributed by atoms with Crippen LogP contribution in [0.2, 0.25) is 0 Å². The van der Waals surface area contributed by atoms with Crippen molar-refractivity contribution in [1.82, 2.24) is 20.0 Å². The van der Waals surface area contributed by atoms with Crippen molar-refractivity contribution >= 4 is 11.6 Å². The molecule has 1 saturated carbocycles. The lowest BCUT2D eigenvalue weighted by Crippen LogP contribution is -2.35. The third kappa shape index (κ3) is 2.81. The summed E-state index contributed by atoms with van der Waals surface area (Å²) in [7, 11) is 2.09. The molecule has 1 fully saturated rings. The lowest BCUT2D eigenvalue weighted by atomic mass is 10.3. The fraction of sp³-hybridized carbons (Fsp3) is 0.667. The largest absolute Gasteiger partial charge is 0.396 e. The zero-order valence-electron chi connectivity index (χ0n) is 11.0. The fourth-order valence-corrected chi connectivity index (χ4v) is 2.02. The number of nitrogens with zero attached hydrogens (tertiary/aromatic N) is 3. The molecule has 2 rings (SSSR count). The summed E-state index contributed by atoms with van der Waals surface area (Å²) in [5.41, 5.74) is 6.65. The van der Waals surface area contributed by atoms with Gasteiger partial charge < -0.3 is 16.0 Å². The van der Waals surface area contributed by atoms with E-state index in [0.717, 1.165) is 6.54 Å². The van der Waals surface area contributed by atoms with Crippen molar-refractivity contribution in [2.75, 3.05) is 25.9 Å². The Morgan fingerprint density at radius 3 is 3.00 bits per heavy atom. The number of aryl methyl sites for hydroxylation is 1. The molecule has 1 aromatic rings. The van der Waals surface area contributed by atoms with Crippen LogP contribution in [0.5, 0.6) is 0 Å². The van der Waals surface area contributed by atoms with Gasteiger partial charge >= 0.3 is 0 Å². The van der Waals surface area contributed by atoms with E-state index in [2.05, 4.69) is 22.4 Å². The molecular formula is C12H21N5O. The topological polar surface area (TPSA) is 76.2 Å². The Hall–Kier alpha value is -1.56. The molecule has 0 unspecified atom stereocenters. The highest BCUT2D eigenvalue weighted by Crippen LogP contribution is 2.24. The number of nitrogens with one attached hydrogen (secondary N) is 1. The minimum absolute atomic E-state index is 0.143. The van der Waals surface area contributed by atoms with E-state index in [4.69, 9.17) is 5.73 Å². The first kappa shape index (κ1) is 12.9. The van der Waals surface area contributed by atoms with E-state index < -0.39 is 0 Å². The SMILES string of the molecule is CCn1ncc(N)c1C(=O)NCCN(C)C1CC1. The molecule has 0 atom stereocenters. The van der Waals surface area contributed by atoms with Gasteiger partial charge in [-0.25, -0.2) is 0 Å². The average molecular weight is 251 g/mol. The summed E-state index contributed by atoms with van der Waals surface area (Å²) in [4.78, 5) is 14.3. The van der Waals surface area contributed by atoms with Crippen LogP contribution in [0.3, 0.4) is 0 Å². The minimum atomic E-state index is -0.143. The molecule has 18 heavy (non-hydrogen) atoms. The molecule has 3 N–H and O–H groups in total. The molecule has 0 radical (unpaired) electrons. The van der Waals surface area contributed by atoms with Crippen LogP contribution < -0.4 is 11.1 Å². The molecule has 100 valence electrons. The van der Waals surface area contributed by atoms with Crippen molar-refractivity contribution in [1.29, 1.82) is 0 Å². The number of nitrogens with two attached hydrogens (primary N) is 1. The summed E-state index contributed by atoms with van der Waals surface area (Å²) in [6, 6.07) is 0.716. The van der Waals surface area contributed by atoms with Gasteiger partial charge in [-0.1, -0.05) is 0 Å². The maximum atomic E-state index is 12.0. The van der Waals surface area contributed by atoms with E-state index in [-0.39, 0.29) is 5.91 Å². The number of hydrogen-bond acceptors (Lipinski definition) is 4. The van der Waals surface area contributed by atoms with Gasteiger partial charge in [0.25, 0.3) is 5.91 Å². The number of anilines is 1. The number of carbonyl (C=O) groups excluding carboxylic acids is 1. The molecule has 0 bridgehead atoms. The number of carbonyl (C=O) groups is 1. The van der Waals surface area contributed by atoms with E-state index in [1.807, 2.05) is 6.92 Å². The summed E-state index contributed by atoms with van der Waals surface area (Å²) in [6.07, 6.45) is 4.08. The minimum Gasteiger partial charge on any atom is -0.396 e. The Morgan fingerprint density at radius 1 is 1.67 bits per heavy atom. The first-order chi connectivity index (χ1) is 8.63. The van der Waals surface area contributed by atoms with Crippen molar-refractivity contribution in [3.8, 4) is 0 Å². The Labute approximate surface area is 107 Å². The Balaban J connectivity index is 1.84. The lowest BCUT2D eigenvalue weighted by Gasteiger charge is -2.15. The summed E-state index contributed by atoms with van der Waals surface area (Å²) in [5.74, 6) is -0.143. The number of likely N-dealkylation sites (N-methyl/N-ethyl adjacent to an activating group) is 1. The van der Waals surface area contributed by atoms with Gasteiger partial charge in [0.05, 0.1) is 11.9 Å². The molecule has 1 aliphatic rings. The van der Waals surface area contributed by atoms with E-state index in [9.17, 15) is 4.79 Å². The van der Waals surface area contributed by atoms with E-state index in [1.165, 1.54) is 19.0 Å². The highest BCUT2D eigenvalue weighted by molar-refractivity contribution is 5.97. The number of rotatable bonds is 6. The monoisotopic (exact) mass is 251 g/mol. The van der Waals surface area contributed by atoms with Gasteiger partial charge in [0.1, 0.15) is 5.69 Å². The summed E-state index contributed by atoms with van der Waals surface area (Å²) < 4.78 is 1.62. The van der Waals surface area contributed by atoms with Crippen molar-refractivity contribution in [2.24, 2.45) is 0 Å². The van der Waals surface area contributed by atoms with Gasteiger partial charge in [-0.05, 0) is 26.8 Å². The Kier molecular flexibility index (Phi) is 3.86. The van der Waals surface area contributed by atoms with Gasteiger partial charge in [0.2, 0.25) is 0 Å². The predicted molar refractivity (Wildman–Crippen MR) is 70.3 cm³/mol. The van der Waals surface area contributed by atoms with Crippen molar-refractivity contribution < 1.29 is 4.79 Å². The quantitative estimate of drug-likeness (QED) is 0.763. The van der Waals surface area contributed by atoms with Crippen LogP contribution in [0.25, 0.3) is 0 Å². The number of nitrogen functional groups attached to an aromatic ring is 1. The molecule has 1 amide bonds. The number of amides is 1. The van der Waals surface area contributed by atoms with Crippen LogP contribution >= 0.6 is 0 Å². The van der Waals surface area contributed by atoms with Crippen LogP contribution in [0.15, 0.2) is 6.20 Å². The van der Waals surface area contributed by atoms with E-state index in [1.54, 1.807) is 4.68 Å². The van der Waals surface area contributed by atoms with Crippen LogP contribution in [0, 0.1) is 0 Å². The van der Waals surface area contributed by atoms with E-state index >= 15 is 0 Å². The molecule has 0 aromatic carbocycles. The fourth-order valence-electron chi connectivity index (χ4n) is 2.02. The molecule has 1 aliphatic carbocycles. The number of aromatic nitrogens is 2. The third-order valence-electron chi connectivity index (χ3n) is 3.30. The van der Waals surface area contributed by atoms with Crippen LogP contribution in [-0.2, 0) is 6.54 Å². The predicted octanol–water partition coefficient (Wildman–Crippen LogP) is 0.309. The third-order valence-corrected chi connectivity index (χ3v) is 3.30. The van der Waals surface area contributed by atoms with E-state index in [0.29, 0.717) is 30.5 Å².